The van der Waals surface area contributed by atoms with Crippen LogP contribution in [0.3, 0.4) is 0 Å². The molecule has 3 rings (SSSR count). The van der Waals surface area contributed by atoms with Crippen LogP contribution in [0.2, 0.25) is 0 Å². The van der Waals surface area contributed by atoms with Gasteiger partial charge in [0.25, 0.3) is 0 Å². The number of benzene rings is 1. The molecule has 0 saturated carbocycles. The average Bonchev–Trinajstić information content (AvgIpc) is 2.89. The topological polar surface area (TPSA) is 74.8 Å². The Labute approximate surface area is 130 Å². The number of nitrogens with one attached hydrogen (secondary N) is 2. The molecule has 1 aromatic heterocycles. The van der Waals surface area contributed by atoms with E-state index >= 15 is 0 Å². The standard InChI is InChI=1S/C14H14F3N3O2S/c1-23(21,22)13-11-10(6-7-18-13)19-20-12(11)8-2-4-9(5-3-8)14(15,16)17/h2-5,13,18H,6-7H2,1H3,(H,19,20). The third-order valence-electron chi connectivity index (χ3n) is 3.76. The summed E-state index contributed by atoms with van der Waals surface area (Å²) < 4.78 is 61.9. The summed E-state index contributed by atoms with van der Waals surface area (Å²) in [6.45, 7) is 0.485. The van der Waals surface area contributed by atoms with E-state index in [1.54, 1.807) is 0 Å². The van der Waals surface area contributed by atoms with E-state index in [-0.39, 0.29) is 0 Å². The molecule has 0 spiro atoms. The van der Waals surface area contributed by atoms with E-state index in [0.717, 1.165) is 18.4 Å². The van der Waals surface area contributed by atoms with Gasteiger partial charge in [-0.15, -0.1) is 0 Å². The molecular weight excluding hydrogens is 331 g/mol. The SMILES string of the molecule is CS(=O)(=O)C1NCCc2[nH]nc(-c3ccc(C(F)(F)F)cc3)c21. The molecule has 124 valence electrons. The fourth-order valence-electron chi connectivity index (χ4n) is 2.69. The van der Waals surface area contributed by atoms with Gasteiger partial charge in [-0.3, -0.25) is 10.4 Å². The highest BCUT2D eigenvalue weighted by Gasteiger charge is 2.34. The summed E-state index contributed by atoms with van der Waals surface area (Å²) in [6.07, 6.45) is -2.72. The van der Waals surface area contributed by atoms with Crippen molar-refractivity contribution >= 4 is 9.84 Å². The van der Waals surface area contributed by atoms with E-state index in [1.807, 2.05) is 0 Å². The number of hydrogen-bond acceptors (Lipinski definition) is 4. The molecule has 23 heavy (non-hydrogen) atoms. The number of halogens is 3. The summed E-state index contributed by atoms with van der Waals surface area (Å²) in [5.41, 5.74) is 1.21. The molecule has 2 aromatic rings. The molecule has 9 heteroatoms. The minimum absolute atomic E-state index is 0.358. The average molecular weight is 345 g/mol. The third-order valence-corrected chi connectivity index (χ3v) is 5.02. The Hall–Kier alpha value is -1.87. The molecule has 0 amide bonds. The van der Waals surface area contributed by atoms with Crippen LogP contribution in [0, 0.1) is 0 Å². The van der Waals surface area contributed by atoms with E-state index in [9.17, 15) is 21.6 Å². The molecule has 2 heterocycles. The zero-order valence-corrected chi connectivity index (χ0v) is 12.9. The van der Waals surface area contributed by atoms with Gasteiger partial charge in [0.1, 0.15) is 5.37 Å². The van der Waals surface area contributed by atoms with Crippen molar-refractivity contribution in [2.75, 3.05) is 12.8 Å². The van der Waals surface area contributed by atoms with Gasteiger partial charge in [0, 0.05) is 36.0 Å². The van der Waals surface area contributed by atoms with E-state index in [1.165, 1.54) is 12.1 Å². The Bertz CT molecular complexity index is 826. The van der Waals surface area contributed by atoms with Crippen molar-refractivity contribution in [1.29, 1.82) is 0 Å². The van der Waals surface area contributed by atoms with Gasteiger partial charge in [-0.1, -0.05) is 12.1 Å². The van der Waals surface area contributed by atoms with Crippen molar-refractivity contribution in [1.82, 2.24) is 15.5 Å². The van der Waals surface area contributed by atoms with Crippen molar-refractivity contribution in [3.8, 4) is 11.3 Å². The summed E-state index contributed by atoms with van der Waals surface area (Å²) in [7, 11) is -3.42. The van der Waals surface area contributed by atoms with Crippen LogP contribution in [0.4, 0.5) is 13.2 Å². The van der Waals surface area contributed by atoms with Crippen LogP contribution >= 0.6 is 0 Å². The van der Waals surface area contributed by atoms with Crippen LogP contribution in [0.1, 0.15) is 22.2 Å². The van der Waals surface area contributed by atoms with Gasteiger partial charge in [0.2, 0.25) is 0 Å². The minimum atomic E-state index is -4.42. The number of hydrogen-bond donors (Lipinski definition) is 2. The molecular formula is C14H14F3N3O2S. The van der Waals surface area contributed by atoms with Crippen molar-refractivity contribution in [2.24, 2.45) is 0 Å². The Morgan fingerprint density at radius 1 is 1.22 bits per heavy atom. The van der Waals surface area contributed by atoms with E-state index < -0.39 is 27.0 Å². The van der Waals surface area contributed by atoms with Crippen molar-refractivity contribution in [3.63, 3.8) is 0 Å². The predicted molar refractivity (Wildman–Crippen MR) is 78.3 cm³/mol. The first-order chi connectivity index (χ1) is 10.7. The number of alkyl halides is 3. The zero-order chi connectivity index (χ0) is 16.8. The van der Waals surface area contributed by atoms with E-state index in [2.05, 4.69) is 15.5 Å². The summed E-state index contributed by atoms with van der Waals surface area (Å²) in [6, 6.07) is 4.52. The number of aromatic amines is 1. The van der Waals surface area contributed by atoms with Gasteiger partial charge < -0.3 is 0 Å². The summed E-state index contributed by atoms with van der Waals surface area (Å²) in [5.74, 6) is 0. The number of sulfone groups is 1. The van der Waals surface area contributed by atoms with Crippen molar-refractivity contribution in [2.45, 2.75) is 18.0 Å². The molecule has 0 bridgehead atoms. The quantitative estimate of drug-likeness (QED) is 0.876. The maximum atomic E-state index is 12.6. The van der Waals surface area contributed by atoms with Gasteiger partial charge in [0.15, 0.2) is 9.84 Å². The first kappa shape index (κ1) is 16.0. The lowest BCUT2D eigenvalue weighted by Gasteiger charge is -2.23. The highest BCUT2D eigenvalue weighted by Crippen LogP contribution is 2.36. The van der Waals surface area contributed by atoms with Crippen LogP contribution < -0.4 is 5.32 Å². The smallest absolute Gasteiger partial charge is 0.297 e. The summed E-state index contributed by atoms with van der Waals surface area (Å²) in [5, 5.41) is 8.91. The van der Waals surface area contributed by atoms with Crippen LogP contribution in [-0.4, -0.2) is 31.4 Å². The molecule has 1 unspecified atom stereocenters. The maximum Gasteiger partial charge on any atom is 0.416 e. The van der Waals surface area contributed by atoms with Crippen molar-refractivity contribution in [3.05, 3.63) is 41.1 Å². The predicted octanol–water partition coefficient (Wildman–Crippen LogP) is 2.28. The second-order valence-corrected chi connectivity index (χ2v) is 7.58. The molecule has 0 saturated heterocycles. The zero-order valence-electron chi connectivity index (χ0n) is 12.1. The molecule has 1 aliphatic rings. The lowest BCUT2D eigenvalue weighted by Crippen LogP contribution is -2.34. The van der Waals surface area contributed by atoms with Gasteiger partial charge in [-0.25, -0.2) is 8.42 Å². The largest absolute Gasteiger partial charge is 0.416 e. The van der Waals surface area contributed by atoms with Crippen molar-refractivity contribution < 1.29 is 21.6 Å². The van der Waals surface area contributed by atoms with Gasteiger partial charge in [-0.2, -0.15) is 18.3 Å². The van der Waals surface area contributed by atoms with E-state index in [4.69, 9.17) is 0 Å². The highest BCUT2D eigenvalue weighted by molar-refractivity contribution is 7.90. The normalized spacial score (nSPS) is 18.7. The Balaban J connectivity index is 2.07. The minimum Gasteiger partial charge on any atom is -0.297 e. The van der Waals surface area contributed by atoms with Crippen LogP contribution in [0.25, 0.3) is 11.3 Å². The van der Waals surface area contributed by atoms with Gasteiger partial charge in [-0.05, 0) is 12.1 Å². The Morgan fingerprint density at radius 3 is 2.43 bits per heavy atom. The second kappa shape index (κ2) is 5.34. The molecule has 2 N–H and O–H groups in total. The van der Waals surface area contributed by atoms with Crippen LogP contribution in [0.15, 0.2) is 24.3 Å². The first-order valence-corrected chi connectivity index (χ1v) is 8.80. The Morgan fingerprint density at radius 2 is 1.87 bits per heavy atom. The maximum absolute atomic E-state index is 12.6. The molecule has 5 nitrogen and oxygen atoms in total. The fraction of sp³-hybridized carbons (Fsp3) is 0.357. The number of fused-ring (bicyclic) bond motifs is 1. The fourth-order valence-corrected chi connectivity index (χ4v) is 3.80. The second-order valence-electron chi connectivity index (χ2n) is 5.45. The Kier molecular flexibility index (Phi) is 3.72. The molecule has 0 radical (unpaired) electrons. The summed E-state index contributed by atoms with van der Waals surface area (Å²) >= 11 is 0. The lowest BCUT2D eigenvalue weighted by molar-refractivity contribution is -0.137. The molecule has 0 aliphatic carbocycles. The number of aromatic nitrogens is 2. The van der Waals surface area contributed by atoms with Crippen LogP contribution in [0.5, 0.6) is 0 Å². The number of rotatable bonds is 2. The highest BCUT2D eigenvalue weighted by atomic mass is 32.2. The molecule has 1 aromatic carbocycles. The summed E-state index contributed by atoms with van der Waals surface area (Å²) in [4.78, 5) is 0. The molecule has 1 aliphatic heterocycles. The third kappa shape index (κ3) is 2.98. The van der Waals surface area contributed by atoms with Gasteiger partial charge in [0.05, 0.1) is 11.3 Å². The molecule has 1 atom stereocenters. The number of nitrogens with zero attached hydrogens (tertiary/aromatic N) is 1. The van der Waals surface area contributed by atoms with Crippen LogP contribution in [-0.2, 0) is 22.4 Å². The van der Waals surface area contributed by atoms with E-state index in [0.29, 0.717) is 35.5 Å². The monoisotopic (exact) mass is 345 g/mol. The molecule has 0 fully saturated rings. The lowest BCUT2D eigenvalue weighted by atomic mass is 10.0. The number of H-pyrrole nitrogens is 1. The first-order valence-electron chi connectivity index (χ1n) is 6.85. The van der Waals surface area contributed by atoms with Gasteiger partial charge >= 0.3 is 6.18 Å².